The van der Waals surface area contributed by atoms with E-state index >= 15 is 0 Å². The van der Waals surface area contributed by atoms with Crippen LogP contribution in [0.25, 0.3) is 0 Å². The lowest BCUT2D eigenvalue weighted by atomic mass is 9.85. The molecule has 0 aliphatic heterocycles. The van der Waals surface area contributed by atoms with Gasteiger partial charge in [-0.3, -0.25) is 18.6 Å². The third-order valence-corrected chi connectivity index (χ3v) is 10.7. The molecule has 8 N–H and O–H groups in total. The van der Waals surface area contributed by atoms with Crippen LogP contribution in [0, 0.1) is 0 Å². The third kappa shape index (κ3) is 27.1. The number of hydrogen-bond acceptors (Lipinski definition) is 14. The lowest BCUT2D eigenvalue weighted by Gasteiger charge is -2.41. The molecule has 16 heteroatoms. The quantitative estimate of drug-likeness (QED) is 0.0163. The van der Waals surface area contributed by atoms with Crippen molar-refractivity contribution in [3.05, 3.63) is 72.9 Å². The van der Waals surface area contributed by atoms with E-state index in [9.17, 15) is 54.8 Å². The summed E-state index contributed by atoms with van der Waals surface area (Å²) in [5.41, 5.74) is 0. The van der Waals surface area contributed by atoms with E-state index in [1.54, 1.807) is 6.08 Å². The molecule has 10 atom stereocenters. The van der Waals surface area contributed by atoms with Crippen LogP contribution < -0.4 is 0 Å². The molecule has 0 heterocycles. The fraction of sp³-hybridized carbons (Fsp3) is 0.689. The van der Waals surface area contributed by atoms with Crippen molar-refractivity contribution >= 4 is 19.8 Å². The van der Waals surface area contributed by atoms with Gasteiger partial charge < -0.3 is 50.1 Å². The first-order valence-electron chi connectivity index (χ1n) is 21.9. The number of carbonyl (C=O) groups is 2. The third-order valence-electron chi connectivity index (χ3n) is 9.71. The maximum absolute atomic E-state index is 12.8. The number of carbonyl (C=O) groups excluding carboxylic acids is 2. The summed E-state index contributed by atoms with van der Waals surface area (Å²) in [6.07, 6.45) is 21.2. The van der Waals surface area contributed by atoms with E-state index in [1.807, 2.05) is 12.2 Å². The van der Waals surface area contributed by atoms with E-state index in [1.165, 1.54) is 0 Å². The van der Waals surface area contributed by atoms with Gasteiger partial charge in [0.25, 0.3) is 0 Å². The highest BCUT2D eigenvalue weighted by Gasteiger charge is 2.51. The maximum Gasteiger partial charge on any atom is 0.472 e. The lowest BCUT2D eigenvalue weighted by molar-refractivity contribution is -0.220. The summed E-state index contributed by atoms with van der Waals surface area (Å²) < 4.78 is 33.2. The van der Waals surface area contributed by atoms with Crippen molar-refractivity contribution in [2.24, 2.45) is 0 Å². The topological polar surface area (TPSA) is 250 Å². The predicted molar refractivity (Wildman–Crippen MR) is 233 cm³/mol. The van der Waals surface area contributed by atoms with E-state index in [4.69, 9.17) is 18.5 Å². The number of esters is 2. The zero-order valence-electron chi connectivity index (χ0n) is 36.1. The minimum absolute atomic E-state index is 0.0153. The van der Waals surface area contributed by atoms with Crippen molar-refractivity contribution in [3.63, 3.8) is 0 Å². The highest BCUT2D eigenvalue weighted by atomic mass is 31.2. The van der Waals surface area contributed by atoms with Gasteiger partial charge in [-0.05, 0) is 77.0 Å². The zero-order chi connectivity index (χ0) is 45.3. The van der Waals surface area contributed by atoms with Crippen LogP contribution in [0.15, 0.2) is 72.9 Å². The van der Waals surface area contributed by atoms with Gasteiger partial charge in [-0.1, -0.05) is 112 Å². The molecule has 1 aliphatic rings. The summed E-state index contributed by atoms with van der Waals surface area (Å²) in [6, 6.07) is 0. The van der Waals surface area contributed by atoms with Crippen LogP contribution in [0.3, 0.4) is 0 Å². The number of allylic oxidation sites excluding steroid dienone is 11. The first-order valence-corrected chi connectivity index (χ1v) is 23.4. The standard InChI is InChI=1S/C45H75O15P/c1-3-5-7-9-11-13-15-17-19-21-23-25-27-31-39(49)59-35(34-58-61(55,56)60-45-43(53)41(51)40(50)42(52)44(45)54)33-57-38(48)32-28-30-37(47)36(46)29-26-24-22-20-18-16-14-12-10-8-6-4-2/h6-9,12-15,18,20,24,26,35-37,40-47,50-54H,3-5,10-11,16-17,19,21-23,25,27-34H2,1-2H3,(H,55,56)/b8-6-,9-7-,14-12-,15-13-,20-18-,26-24-/t35-,36+,37+,40?,41-,42+,43-,44-,45?/m1/s1. The molecular weight excluding hydrogens is 811 g/mol. The van der Waals surface area contributed by atoms with Gasteiger partial charge in [0.2, 0.25) is 0 Å². The molecule has 61 heavy (non-hydrogen) atoms. The Hall–Kier alpha value is -2.79. The Morgan fingerprint density at radius 3 is 1.70 bits per heavy atom. The van der Waals surface area contributed by atoms with Crippen LogP contribution in [0.1, 0.15) is 129 Å². The molecule has 3 unspecified atom stereocenters. The Kier molecular flexibility index (Phi) is 32.0. The lowest BCUT2D eigenvalue weighted by Crippen LogP contribution is -2.64. The summed E-state index contributed by atoms with van der Waals surface area (Å²) in [4.78, 5) is 35.7. The molecular formula is C45H75O15P. The van der Waals surface area contributed by atoms with Gasteiger partial charge in [-0.25, -0.2) is 4.57 Å². The van der Waals surface area contributed by atoms with E-state index in [2.05, 4.69) is 68.5 Å². The first-order chi connectivity index (χ1) is 29.2. The van der Waals surface area contributed by atoms with E-state index in [-0.39, 0.29) is 32.1 Å². The van der Waals surface area contributed by atoms with Crippen molar-refractivity contribution in [2.75, 3.05) is 13.2 Å². The molecule has 0 bridgehead atoms. The van der Waals surface area contributed by atoms with E-state index in [0.29, 0.717) is 12.8 Å². The van der Waals surface area contributed by atoms with Gasteiger partial charge >= 0.3 is 19.8 Å². The molecule has 0 amide bonds. The molecule has 0 aromatic carbocycles. The van der Waals surface area contributed by atoms with Gasteiger partial charge in [0.1, 0.15) is 43.2 Å². The highest BCUT2D eigenvalue weighted by molar-refractivity contribution is 7.47. The number of phosphoric acid groups is 1. The Morgan fingerprint density at radius 1 is 0.590 bits per heavy atom. The monoisotopic (exact) mass is 886 g/mol. The van der Waals surface area contributed by atoms with Crippen LogP contribution in [0.2, 0.25) is 0 Å². The minimum Gasteiger partial charge on any atom is -0.462 e. The summed E-state index contributed by atoms with van der Waals surface area (Å²) in [7, 11) is -5.19. The highest BCUT2D eigenvalue weighted by Crippen LogP contribution is 2.47. The maximum atomic E-state index is 12.8. The molecule has 0 spiro atoms. The zero-order valence-corrected chi connectivity index (χ0v) is 37.0. The second-order valence-electron chi connectivity index (χ2n) is 15.1. The van der Waals surface area contributed by atoms with Crippen LogP contribution in [-0.2, 0) is 32.7 Å². The molecule has 350 valence electrons. The number of aliphatic hydroxyl groups is 7. The van der Waals surface area contributed by atoms with E-state index < -0.39 is 87.9 Å². The molecule has 1 saturated carbocycles. The Balaban J connectivity index is 2.61. The SMILES string of the molecule is CC/C=C\C/C=C\C/C=C\C/C=C\C[C@H](O)[C@@H](O)CCCC(=O)OC[C@H](COP(=O)(O)OC1[C@H](O)[C@H](O)C(O)[C@H](O)[C@H]1O)OC(=O)CCCCCCC/C=C\C/C=C\CCC. The smallest absolute Gasteiger partial charge is 0.462 e. The first kappa shape index (κ1) is 56.2. The Bertz CT molecular complexity index is 1380. The number of aliphatic hydroxyl groups excluding tert-OH is 7. The largest absolute Gasteiger partial charge is 0.472 e. The van der Waals surface area contributed by atoms with E-state index in [0.717, 1.165) is 70.6 Å². The van der Waals surface area contributed by atoms with Gasteiger partial charge in [0, 0.05) is 12.8 Å². The molecule has 0 aromatic heterocycles. The second-order valence-corrected chi connectivity index (χ2v) is 16.5. The Morgan fingerprint density at radius 2 is 1.10 bits per heavy atom. The van der Waals surface area contributed by atoms with Crippen molar-refractivity contribution in [1.29, 1.82) is 0 Å². The van der Waals surface area contributed by atoms with Crippen LogP contribution >= 0.6 is 7.82 Å². The fourth-order valence-electron chi connectivity index (χ4n) is 6.06. The second kappa shape index (κ2) is 34.7. The van der Waals surface area contributed by atoms with Gasteiger partial charge in [-0.15, -0.1) is 0 Å². The van der Waals surface area contributed by atoms with Crippen molar-refractivity contribution in [3.8, 4) is 0 Å². The van der Waals surface area contributed by atoms with Crippen molar-refractivity contribution in [2.45, 2.75) is 184 Å². The summed E-state index contributed by atoms with van der Waals surface area (Å²) in [5, 5.41) is 70.8. The molecule has 15 nitrogen and oxygen atoms in total. The van der Waals surface area contributed by atoms with Gasteiger partial charge in [0.05, 0.1) is 18.8 Å². The Labute approximate surface area is 362 Å². The van der Waals surface area contributed by atoms with Gasteiger partial charge in [-0.2, -0.15) is 0 Å². The van der Waals surface area contributed by atoms with Gasteiger partial charge in [0.15, 0.2) is 6.10 Å². The normalized spacial score (nSPS) is 23.8. The van der Waals surface area contributed by atoms with Crippen molar-refractivity contribution in [1.82, 2.24) is 0 Å². The summed E-state index contributed by atoms with van der Waals surface area (Å²) >= 11 is 0. The number of ether oxygens (including phenoxy) is 2. The fourth-order valence-corrected chi connectivity index (χ4v) is 7.03. The molecule has 0 radical (unpaired) electrons. The average Bonchev–Trinajstić information content (AvgIpc) is 3.23. The molecule has 0 saturated heterocycles. The van der Waals surface area contributed by atoms with Crippen molar-refractivity contribution < 1.29 is 73.3 Å². The average molecular weight is 887 g/mol. The number of rotatable bonds is 34. The van der Waals surface area contributed by atoms with Crippen LogP contribution in [-0.4, -0.2) is 121 Å². The van der Waals surface area contributed by atoms with Crippen LogP contribution in [0.5, 0.6) is 0 Å². The summed E-state index contributed by atoms with van der Waals surface area (Å²) in [6.45, 7) is 2.82. The number of phosphoric ester groups is 1. The molecule has 1 fully saturated rings. The summed E-state index contributed by atoms with van der Waals surface area (Å²) in [5.74, 6) is -1.41. The molecule has 1 rings (SSSR count). The minimum atomic E-state index is -5.19. The number of unbranched alkanes of at least 4 members (excludes halogenated alkanes) is 6. The van der Waals surface area contributed by atoms with Crippen LogP contribution in [0.4, 0.5) is 0 Å². The number of hydrogen-bond donors (Lipinski definition) is 8. The molecule has 1 aliphatic carbocycles. The molecule has 0 aromatic rings. The predicted octanol–water partition coefficient (Wildman–Crippen LogP) is 5.88.